The van der Waals surface area contributed by atoms with E-state index in [9.17, 15) is 4.79 Å². The Morgan fingerprint density at radius 3 is 3.05 bits per heavy atom. The van der Waals surface area contributed by atoms with Crippen molar-refractivity contribution in [3.63, 3.8) is 0 Å². The first-order valence-electron chi connectivity index (χ1n) is 7.85. The van der Waals surface area contributed by atoms with Gasteiger partial charge in [0.05, 0.1) is 19.9 Å². The van der Waals surface area contributed by atoms with Gasteiger partial charge in [-0.2, -0.15) is 0 Å². The first-order chi connectivity index (χ1) is 10.2. The molecule has 1 atom stereocenters. The van der Waals surface area contributed by atoms with Crippen LogP contribution in [0.1, 0.15) is 48.7 Å². The van der Waals surface area contributed by atoms with Crippen LogP contribution in [0.25, 0.3) is 0 Å². The van der Waals surface area contributed by atoms with Crippen molar-refractivity contribution in [1.29, 1.82) is 0 Å². The third kappa shape index (κ3) is 4.58. The predicted molar refractivity (Wildman–Crippen MR) is 81.3 cm³/mol. The second-order valence-corrected chi connectivity index (χ2v) is 5.63. The molecule has 5 heteroatoms. The molecular weight excluding hydrogens is 268 g/mol. The topological polar surface area (TPSA) is 54.7 Å². The third-order valence-corrected chi connectivity index (χ3v) is 3.95. The summed E-state index contributed by atoms with van der Waals surface area (Å²) in [4.78, 5) is 14.1. The summed E-state index contributed by atoms with van der Waals surface area (Å²) in [5.41, 5.74) is 0.537. The highest BCUT2D eigenvalue weighted by Gasteiger charge is 2.20. The number of methoxy groups -OCH3 is 1. The zero-order valence-corrected chi connectivity index (χ0v) is 13.1. The molecule has 2 heterocycles. The molecular formula is C16H26N2O3. The van der Waals surface area contributed by atoms with Gasteiger partial charge in [0.2, 0.25) is 0 Å². The third-order valence-electron chi connectivity index (χ3n) is 3.95. The number of carbonyl (C=O) groups excluding carboxylic acids is 1. The normalized spacial score (nSPS) is 18.9. The molecule has 118 valence electrons. The first-order valence-corrected chi connectivity index (χ1v) is 7.85. The number of furan rings is 1. The van der Waals surface area contributed by atoms with Crippen molar-refractivity contribution < 1.29 is 13.9 Å². The average molecular weight is 294 g/mol. The van der Waals surface area contributed by atoms with Gasteiger partial charge in [0.15, 0.2) is 0 Å². The number of hydrogen-bond donors (Lipinski definition) is 1. The Morgan fingerprint density at radius 1 is 1.52 bits per heavy atom. The maximum atomic E-state index is 11.7. The van der Waals surface area contributed by atoms with Crippen LogP contribution in [0.5, 0.6) is 0 Å². The van der Waals surface area contributed by atoms with Gasteiger partial charge >= 0.3 is 5.97 Å². The molecule has 1 saturated heterocycles. The van der Waals surface area contributed by atoms with Crippen LogP contribution in [0.3, 0.4) is 0 Å². The van der Waals surface area contributed by atoms with E-state index in [-0.39, 0.29) is 5.97 Å². The number of esters is 1. The van der Waals surface area contributed by atoms with Crippen molar-refractivity contribution in [3.05, 3.63) is 23.7 Å². The zero-order valence-electron chi connectivity index (χ0n) is 13.1. The highest BCUT2D eigenvalue weighted by Crippen LogP contribution is 2.16. The van der Waals surface area contributed by atoms with Crippen molar-refractivity contribution in [3.8, 4) is 0 Å². The van der Waals surface area contributed by atoms with Gasteiger partial charge in [0.25, 0.3) is 0 Å². The summed E-state index contributed by atoms with van der Waals surface area (Å²) < 4.78 is 10.3. The van der Waals surface area contributed by atoms with E-state index in [0.29, 0.717) is 23.9 Å². The first kappa shape index (κ1) is 16.0. The Bertz CT molecular complexity index is 438. The number of rotatable bonds is 7. The van der Waals surface area contributed by atoms with Crippen molar-refractivity contribution in [2.75, 3.05) is 26.7 Å². The van der Waals surface area contributed by atoms with Gasteiger partial charge in [-0.05, 0) is 38.4 Å². The largest absolute Gasteiger partial charge is 0.467 e. The van der Waals surface area contributed by atoms with Crippen LogP contribution in [0, 0.1) is 0 Å². The Balaban J connectivity index is 1.98. The molecule has 0 amide bonds. The molecule has 0 aromatic carbocycles. The molecule has 2 rings (SSSR count). The van der Waals surface area contributed by atoms with Gasteiger partial charge in [0, 0.05) is 12.6 Å². The lowest BCUT2D eigenvalue weighted by molar-refractivity contribution is 0.0596. The van der Waals surface area contributed by atoms with Gasteiger partial charge in [0.1, 0.15) is 11.3 Å². The van der Waals surface area contributed by atoms with E-state index in [1.54, 1.807) is 12.3 Å². The molecule has 0 radical (unpaired) electrons. The maximum absolute atomic E-state index is 11.7. The van der Waals surface area contributed by atoms with Crippen LogP contribution in [-0.4, -0.2) is 43.7 Å². The summed E-state index contributed by atoms with van der Waals surface area (Å²) in [7, 11) is 1.40. The summed E-state index contributed by atoms with van der Waals surface area (Å²) in [6, 6.07) is 2.23. The molecule has 1 unspecified atom stereocenters. The van der Waals surface area contributed by atoms with E-state index in [0.717, 1.165) is 26.1 Å². The van der Waals surface area contributed by atoms with E-state index in [4.69, 9.17) is 9.15 Å². The molecule has 1 aromatic rings. The molecule has 21 heavy (non-hydrogen) atoms. The van der Waals surface area contributed by atoms with Gasteiger partial charge < -0.3 is 14.5 Å². The average Bonchev–Trinajstić information content (AvgIpc) is 2.96. The molecule has 1 aliphatic rings. The Labute approximate surface area is 126 Å². The number of carbonyl (C=O) groups is 1. The van der Waals surface area contributed by atoms with E-state index in [2.05, 4.69) is 17.1 Å². The Kier molecular flexibility index (Phi) is 6.26. The minimum atomic E-state index is -0.328. The van der Waals surface area contributed by atoms with Crippen LogP contribution in [0.15, 0.2) is 16.7 Å². The van der Waals surface area contributed by atoms with E-state index in [1.807, 2.05) is 0 Å². The fourth-order valence-electron chi connectivity index (χ4n) is 2.90. The van der Waals surface area contributed by atoms with Crippen LogP contribution < -0.4 is 5.32 Å². The van der Waals surface area contributed by atoms with Crippen LogP contribution in [-0.2, 0) is 11.3 Å². The van der Waals surface area contributed by atoms with Crippen LogP contribution in [0.4, 0.5) is 0 Å². The van der Waals surface area contributed by atoms with E-state index in [1.165, 1.54) is 26.4 Å². The van der Waals surface area contributed by atoms with Gasteiger partial charge in [-0.15, -0.1) is 0 Å². The van der Waals surface area contributed by atoms with E-state index >= 15 is 0 Å². The molecule has 1 aromatic heterocycles. The fourth-order valence-corrected chi connectivity index (χ4v) is 2.90. The van der Waals surface area contributed by atoms with Crippen molar-refractivity contribution >= 4 is 5.97 Å². The minimum Gasteiger partial charge on any atom is -0.467 e. The Morgan fingerprint density at radius 2 is 2.38 bits per heavy atom. The van der Waals surface area contributed by atoms with Crippen LogP contribution >= 0.6 is 0 Å². The Hall–Kier alpha value is -1.33. The van der Waals surface area contributed by atoms with Crippen molar-refractivity contribution in [2.45, 2.75) is 45.2 Å². The number of ether oxygens (including phenoxy) is 1. The molecule has 1 fully saturated rings. The second-order valence-electron chi connectivity index (χ2n) is 5.63. The number of hydrogen-bond acceptors (Lipinski definition) is 5. The van der Waals surface area contributed by atoms with Crippen molar-refractivity contribution in [2.24, 2.45) is 0 Å². The summed E-state index contributed by atoms with van der Waals surface area (Å²) in [6.07, 6.45) is 6.44. The smallest absolute Gasteiger partial charge is 0.341 e. The predicted octanol–water partition coefficient (Wildman–Crippen LogP) is 2.42. The van der Waals surface area contributed by atoms with Gasteiger partial charge in [-0.25, -0.2) is 4.79 Å². The standard InChI is InChI=1S/C16H26N2O3/c1-3-9-18(11-13-6-4-5-8-17-13)12-15-14(7-10-21-15)16(19)20-2/h7,10,13,17H,3-6,8-9,11-12H2,1-2H3. The summed E-state index contributed by atoms with van der Waals surface area (Å²) >= 11 is 0. The quantitative estimate of drug-likeness (QED) is 0.783. The SMILES string of the molecule is CCCN(Cc1occc1C(=O)OC)CC1CCCCN1. The monoisotopic (exact) mass is 294 g/mol. The minimum absolute atomic E-state index is 0.328. The lowest BCUT2D eigenvalue weighted by atomic mass is 10.0. The summed E-state index contributed by atoms with van der Waals surface area (Å²) in [5.74, 6) is 0.372. The number of piperidine rings is 1. The molecule has 0 spiro atoms. The van der Waals surface area contributed by atoms with Crippen molar-refractivity contribution in [1.82, 2.24) is 10.2 Å². The summed E-state index contributed by atoms with van der Waals surface area (Å²) in [6.45, 7) is 5.93. The molecule has 1 aliphatic heterocycles. The fraction of sp³-hybridized carbons (Fsp3) is 0.688. The number of nitrogens with one attached hydrogen (secondary N) is 1. The lowest BCUT2D eigenvalue weighted by Crippen LogP contribution is -2.43. The zero-order chi connectivity index (χ0) is 15.1. The van der Waals surface area contributed by atoms with E-state index < -0.39 is 0 Å². The second kappa shape index (κ2) is 8.20. The molecule has 0 bridgehead atoms. The van der Waals surface area contributed by atoms with Gasteiger partial charge in [-0.3, -0.25) is 4.90 Å². The maximum Gasteiger partial charge on any atom is 0.341 e. The molecule has 0 saturated carbocycles. The molecule has 1 N–H and O–H groups in total. The summed E-state index contributed by atoms with van der Waals surface area (Å²) in [5, 5.41) is 3.57. The number of nitrogens with zero attached hydrogens (tertiary/aromatic N) is 1. The lowest BCUT2D eigenvalue weighted by Gasteiger charge is -2.30. The van der Waals surface area contributed by atoms with Crippen LogP contribution in [0.2, 0.25) is 0 Å². The highest BCUT2D eigenvalue weighted by atomic mass is 16.5. The molecule has 0 aliphatic carbocycles. The highest BCUT2D eigenvalue weighted by molar-refractivity contribution is 5.90. The molecule has 5 nitrogen and oxygen atoms in total. The van der Waals surface area contributed by atoms with Gasteiger partial charge in [-0.1, -0.05) is 13.3 Å².